The molecule has 0 saturated carbocycles. The lowest BCUT2D eigenvalue weighted by molar-refractivity contribution is 1.00. The molecular weight excluding hydrogens is 361 g/mol. The van der Waals surface area contributed by atoms with Crippen molar-refractivity contribution in [3.63, 3.8) is 0 Å². The molecule has 0 saturated heterocycles. The number of aromatic nitrogens is 4. The van der Waals surface area contributed by atoms with E-state index in [1.807, 2.05) is 18.2 Å². The lowest BCUT2D eigenvalue weighted by Gasteiger charge is -1.98. The topological polar surface area (TPSA) is 80.5 Å². The van der Waals surface area contributed by atoms with Crippen molar-refractivity contribution in [1.29, 1.82) is 0 Å². The summed E-state index contributed by atoms with van der Waals surface area (Å²) in [5, 5.41) is 1.69. The Morgan fingerprint density at radius 1 is 1.33 bits per heavy atom. The van der Waals surface area contributed by atoms with Crippen LogP contribution in [0.25, 0.3) is 11.0 Å². The molecule has 3 rings (SSSR count). The first-order valence-electron chi connectivity index (χ1n) is 5.11. The number of aromatic amines is 1. The number of nitrogen functional groups attached to an aromatic ring is 1. The zero-order valence-electron chi connectivity index (χ0n) is 9.09. The number of halogens is 1. The number of rotatable bonds is 2. The van der Waals surface area contributed by atoms with Crippen LogP contribution in [0.1, 0.15) is 0 Å². The first-order chi connectivity index (χ1) is 8.72. The summed E-state index contributed by atoms with van der Waals surface area (Å²) < 4.78 is 1.00. The second kappa shape index (κ2) is 4.73. The molecule has 3 N–H and O–H groups in total. The number of fused-ring (bicyclic) bond motifs is 1. The molecule has 5 nitrogen and oxygen atoms in total. The zero-order valence-corrected chi connectivity index (χ0v) is 12.1. The fraction of sp³-hybridized carbons (Fsp3) is 0. The number of hydrogen-bond acceptors (Lipinski definition) is 5. The van der Waals surface area contributed by atoms with Crippen LogP contribution in [-0.4, -0.2) is 19.9 Å². The highest BCUT2D eigenvalue weighted by atomic mass is 127. The minimum absolute atomic E-state index is 0.722. The zero-order chi connectivity index (χ0) is 12.5. The Morgan fingerprint density at radius 2 is 2.22 bits per heavy atom. The predicted octanol–water partition coefficient (Wildman–Crippen LogP) is 2.69. The third-order valence-corrected chi connectivity index (χ3v) is 4.37. The van der Waals surface area contributed by atoms with E-state index in [4.69, 9.17) is 5.73 Å². The van der Waals surface area contributed by atoms with E-state index in [1.54, 1.807) is 6.20 Å². The highest BCUT2D eigenvalue weighted by molar-refractivity contribution is 14.1. The second-order valence-electron chi connectivity index (χ2n) is 3.60. The van der Waals surface area contributed by atoms with Gasteiger partial charge in [0.05, 0.1) is 14.6 Å². The lowest BCUT2D eigenvalue weighted by Crippen LogP contribution is -1.87. The van der Waals surface area contributed by atoms with Gasteiger partial charge in [0, 0.05) is 11.9 Å². The molecule has 2 heterocycles. The fourth-order valence-corrected chi connectivity index (χ4v) is 2.89. The van der Waals surface area contributed by atoms with Crippen molar-refractivity contribution in [1.82, 2.24) is 19.9 Å². The van der Waals surface area contributed by atoms with Gasteiger partial charge in [0.2, 0.25) is 0 Å². The van der Waals surface area contributed by atoms with Crippen LogP contribution in [0.5, 0.6) is 0 Å². The number of hydrogen-bond donors (Lipinski definition) is 2. The number of imidazole rings is 1. The average Bonchev–Trinajstić information content (AvgIpc) is 2.73. The number of nitrogens with one attached hydrogen (secondary N) is 1. The number of H-pyrrole nitrogens is 1. The van der Waals surface area contributed by atoms with Gasteiger partial charge in [-0.05, 0) is 52.6 Å². The third kappa shape index (κ3) is 2.27. The Kier molecular flexibility index (Phi) is 3.08. The average molecular weight is 369 g/mol. The maximum atomic E-state index is 5.73. The monoisotopic (exact) mass is 369 g/mol. The Balaban J connectivity index is 1.98. The summed E-state index contributed by atoms with van der Waals surface area (Å²) in [7, 11) is 0. The smallest absolute Gasteiger partial charge is 0.172 e. The Morgan fingerprint density at radius 3 is 3.06 bits per heavy atom. The molecule has 0 spiro atoms. The third-order valence-electron chi connectivity index (χ3n) is 2.31. The van der Waals surface area contributed by atoms with E-state index in [0.29, 0.717) is 0 Å². The molecule has 0 amide bonds. The summed E-state index contributed by atoms with van der Waals surface area (Å²) in [6.45, 7) is 0. The van der Waals surface area contributed by atoms with Crippen LogP contribution in [0, 0.1) is 3.57 Å². The molecule has 90 valence electrons. The maximum absolute atomic E-state index is 5.73. The van der Waals surface area contributed by atoms with E-state index in [1.165, 1.54) is 18.1 Å². The van der Waals surface area contributed by atoms with Gasteiger partial charge in [0.25, 0.3) is 0 Å². The molecule has 0 atom stereocenters. The van der Waals surface area contributed by atoms with E-state index < -0.39 is 0 Å². The van der Waals surface area contributed by atoms with Gasteiger partial charge in [0.1, 0.15) is 11.4 Å². The molecule has 0 unspecified atom stereocenters. The molecular formula is C11H8IN5S. The lowest BCUT2D eigenvalue weighted by atomic mass is 10.3. The SMILES string of the molecule is Nc1ccc2nc(Sc3ncncc3I)[nH]c2c1. The van der Waals surface area contributed by atoms with Crippen LogP contribution in [0.2, 0.25) is 0 Å². The quantitative estimate of drug-likeness (QED) is 0.413. The molecule has 0 aliphatic carbocycles. The van der Waals surface area contributed by atoms with Crippen molar-refractivity contribution >= 4 is 51.1 Å². The van der Waals surface area contributed by atoms with Gasteiger partial charge in [-0.25, -0.2) is 15.0 Å². The molecule has 7 heteroatoms. The minimum atomic E-state index is 0.722. The Hall–Kier alpha value is -1.35. The van der Waals surface area contributed by atoms with Gasteiger partial charge in [-0.3, -0.25) is 0 Å². The molecule has 18 heavy (non-hydrogen) atoms. The molecule has 0 radical (unpaired) electrons. The number of benzene rings is 1. The minimum Gasteiger partial charge on any atom is -0.399 e. The molecule has 0 aliphatic heterocycles. The molecule has 3 aromatic rings. The van der Waals surface area contributed by atoms with Gasteiger partial charge in [-0.2, -0.15) is 0 Å². The van der Waals surface area contributed by atoms with Gasteiger partial charge in [-0.1, -0.05) is 0 Å². The summed E-state index contributed by atoms with van der Waals surface area (Å²) >= 11 is 3.68. The first kappa shape index (κ1) is 11.7. The van der Waals surface area contributed by atoms with Gasteiger partial charge in [0.15, 0.2) is 5.16 Å². The van der Waals surface area contributed by atoms with E-state index in [-0.39, 0.29) is 0 Å². The van der Waals surface area contributed by atoms with E-state index >= 15 is 0 Å². The first-order valence-corrected chi connectivity index (χ1v) is 7.00. The highest BCUT2D eigenvalue weighted by Crippen LogP contribution is 2.28. The summed E-state index contributed by atoms with van der Waals surface area (Å²) in [5.41, 5.74) is 8.29. The van der Waals surface area contributed by atoms with Crippen LogP contribution in [-0.2, 0) is 0 Å². The van der Waals surface area contributed by atoms with Gasteiger partial charge in [-0.15, -0.1) is 0 Å². The standard InChI is InChI=1S/C11H8IN5S/c12-7-4-14-5-15-10(7)18-11-16-8-2-1-6(13)3-9(8)17-11/h1-5H,13H2,(H,16,17). The van der Waals surface area contributed by atoms with Crippen molar-refractivity contribution in [3.8, 4) is 0 Å². The van der Waals surface area contributed by atoms with Crippen LogP contribution in [0.3, 0.4) is 0 Å². The number of nitrogens with zero attached hydrogens (tertiary/aromatic N) is 3. The second-order valence-corrected chi connectivity index (χ2v) is 5.74. The summed E-state index contributed by atoms with van der Waals surface area (Å²) in [4.78, 5) is 15.9. The Bertz CT molecular complexity index is 711. The largest absolute Gasteiger partial charge is 0.399 e. The maximum Gasteiger partial charge on any atom is 0.172 e. The van der Waals surface area contributed by atoms with Gasteiger partial charge >= 0.3 is 0 Å². The van der Waals surface area contributed by atoms with Crippen LogP contribution in [0.15, 0.2) is 40.9 Å². The fourth-order valence-electron chi connectivity index (χ4n) is 1.52. The highest BCUT2D eigenvalue weighted by Gasteiger charge is 2.08. The van der Waals surface area contributed by atoms with Gasteiger partial charge < -0.3 is 10.7 Å². The molecule has 0 aliphatic rings. The molecule has 1 aromatic carbocycles. The van der Waals surface area contributed by atoms with Crippen molar-refractivity contribution in [3.05, 3.63) is 34.3 Å². The van der Waals surface area contributed by atoms with Crippen molar-refractivity contribution in [2.75, 3.05) is 5.73 Å². The van der Waals surface area contributed by atoms with Crippen LogP contribution >= 0.6 is 34.4 Å². The normalized spacial score (nSPS) is 10.9. The molecule has 2 aromatic heterocycles. The van der Waals surface area contributed by atoms with E-state index in [0.717, 1.165) is 30.5 Å². The van der Waals surface area contributed by atoms with Crippen LogP contribution in [0.4, 0.5) is 5.69 Å². The number of nitrogens with two attached hydrogens (primary N) is 1. The number of anilines is 1. The molecule has 0 bridgehead atoms. The van der Waals surface area contributed by atoms with Crippen LogP contribution < -0.4 is 5.73 Å². The van der Waals surface area contributed by atoms with Crippen molar-refractivity contribution < 1.29 is 0 Å². The Labute approximate surface area is 121 Å². The summed E-state index contributed by atoms with van der Waals surface area (Å²) in [5.74, 6) is 0. The van der Waals surface area contributed by atoms with E-state index in [9.17, 15) is 0 Å². The summed E-state index contributed by atoms with van der Waals surface area (Å²) in [6.07, 6.45) is 3.31. The van der Waals surface area contributed by atoms with Crippen molar-refractivity contribution in [2.24, 2.45) is 0 Å². The van der Waals surface area contributed by atoms with Crippen molar-refractivity contribution in [2.45, 2.75) is 10.2 Å². The predicted molar refractivity (Wildman–Crippen MR) is 79.4 cm³/mol. The van der Waals surface area contributed by atoms with E-state index in [2.05, 4.69) is 42.5 Å². The summed E-state index contributed by atoms with van der Waals surface area (Å²) in [6, 6.07) is 5.61. The molecule has 0 fully saturated rings.